The van der Waals surface area contributed by atoms with Crippen LogP contribution in [-0.4, -0.2) is 23.6 Å². The van der Waals surface area contributed by atoms with E-state index >= 15 is 0 Å². The summed E-state index contributed by atoms with van der Waals surface area (Å²) < 4.78 is 5.99. The van der Waals surface area contributed by atoms with Crippen LogP contribution in [0.25, 0.3) is 0 Å². The van der Waals surface area contributed by atoms with E-state index in [1.807, 2.05) is 0 Å². The van der Waals surface area contributed by atoms with Crippen molar-refractivity contribution in [3.8, 4) is 0 Å². The summed E-state index contributed by atoms with van der Waals surface area (Å²) in [4.78, 5) is 37.3. The van der Waals surface area contributed by atoms with E-state index < -0.39 is 0 Å². The SMILES string of the molecule is CCCCC(=O)O[C@H]1C[C@@H]2[C@H](CC[C@]3(C)C(=O)CC[C@@H]23)[C@@]2(C)CCC(=O)C=C12. The van der Waals surface area contributed by atoms with Gasteiger partial charge in [-0.15, -0.1) is 0 Å². The van der Waals surface area contributed by atoms with Gasteiger partial charge in [-0.05, 0) is 73.3 Å². The van der Waals surface area contributed by atoms with Gasteiger partial charge >= 0.3 is 5.97 Å². The first-order valence-corrected chi connectivity index (χ1v) is 11.3. The number of carbonyl (C=O) groups excluding carboxylic acids is 3. The van der Waals surface area contributed by atoms with E-state index in [-0.39, 0.29) is 28.7 Å². The molecule has 0 unspecified atom stereocenters. The number of ketones is 2. The normalized spacial score (nSPS) is 42.3. The number of esters is 1. The minimum atomic E-state index is -0.294. The van der Waals surface area contributed by atoms with Crippen LogP contribution in [0.2, 0.25) is 0 Å². The van der Waals surface area contributed by atoms with E-state index in [4.69, 9.17) is 4.74 Å². The first-order valence-electron chi connectivity index (χ1n) is 11.3. The van der Waals surface area contributed by atoms with E-state index in [9.17, 15) is 14.4 Å². The second-order valence-corrected chi connectivity index (χ2v) is 10.1. The largest absolute Gasteiger partial charge is 0.458 e. The van der Waals surface area contributed by atoms with Gasteiger partial charge in [0.25, 0.3) is 0 Å². The Balaban J connectivity index is 1.66. The standard InChI is InChI=1S/C24H34O4/c1-4-5-6-22(27)28-20-14-16-17-7-8-21(26)24(17,3)12-10-18(16)23(2)11-9-15(25)13-19(20)23/h13,16-18,20H,4-12,14H2,1-3H3/t16-,17-,18-,20-,23+,24-/m0/s1. The number of hydrogen-bond acceptors (Lipinski definition) is 4. The molecule has 4 nitrogen and oxygen atoms in total. The molecule has 154 valence electrons. The average Bonchev–Trinajstić information content (AvgIpc) is 2.96. The average molecular weight is 387 g/mol. The highest BCUT2D eigenvalue weighted by Crippen LogP contribution is 2.64. The van der Waals surface area contributed by atoms with E-state index in [1.54, 1.807) is 6.08 Å². The van der Waals surface area contributed by atoms with Gasteiger partial charge in [-0.1, -0.05) is 27.2 Å². The van der Waals surface area contributed by atoms with Gasteiger partial charge < -0.3 is 4.74 Å². The zero-order chi connectivity index (χ0) is 20.1. The Kier molecular flexibility index (Phi) is 5.04. The molecule has 4 rings (SSSR count). The van der Waals surface area contributed by atoms with Crippen LogP contribution in [0, 0.1) is 28.6 Å². The lowest BCUT2D eigenvalue weighted by molar-refractivity contribution is -0.156. The Labute approximate surface area is 168 Å². The highest BCUT2D eigenvalue weighted by atomic mass is 16.5. The number of unbranched alkanes of at least 4 members (excludes halogenated alkanes) is 1. The van der Waals surface area contributed by atoms with Gasteiger partial charge in [0.15, 0.2) is 5.78 Å². The first kappa shape index (κ1) is 19.8. The molecule has 0 saturated heterocycles. The zero-order valence-corrected chi connectivity index (χ0v) is 17.6. The predicted octanol–water partition coefficient (Wildman–Crippen LogP) is 4.80. The third kappa shape index (κ3) is 2.98. The molecular weight excluding hydrogens is 352 g/mol. The van der Waals surface area contributed by atoms with Crippen molar-refractivity contribution in [3.63, 3.8) is 0 Å². The maximum absolute atomic E-state index is 12.6. The fraction of sp³-hybridized carbons (Fsp3) is 0.792. The van der Waals surface area contributed by atoms with Crippen molar-refractivity contribution in [2.45, 2.75) is 91.1 Å². The molecule has 0 heterocycles. The Morgan fingerprint density at radius 1 is 1.11 bits per heavy atom. The van der Waals surface area contributed by atoms with Gasteiger partial charge in [0.05, 0.1) is 0 Å². The molecule has 0 spiro atoms. The number of rotatable bonds is 4. The van der Waals surface area contributed by atoms with Crippen LogP contribution in [0.4, 0.5) is 0 Å². The van der Waals surface area contributed by atoms with Crippen LogP contribution in [0.5, 0.6) is 0 Å². The summed E-state index contributed by atoms with van der Waals surface area (Å²) in [5, 5.41) is 0. The van der Waals surface area contributed by atoms with Crippen molar-refractivity contribution < 1.29 is 19.1 Å². The lowest BCUT2D eigenvalue weighted by Crippen LogP contribution is -2.54. The summed E-state index contributed by atoms with van der Waals surface area (Å²) >= 11 is 0. The second kappa shape index (κ2) is 7.11. The lowest BCUT2D eigenvalue weighted by atomic mass is 9.47. The highest BCUT2D eigenvalue weighted by Gasteiger charge is 2.61. The van der Waals surface area contributed by atoms with Gasteiger partial charge in [-0.25, -0.2) is 0 Å². The van der Waals surface area contributed by atoms with E-state index in [0.29, 0.717) is 42.8 Å². The first-order chi connectivity index (χ1) is 13.3. The summed E-state index contributed by atoms with van der Waals surface area (Å²) in [6.45, 7) is 6.52. The molecule has 0 amide bonds. The molecule has 3 fully saturated rings. The topological polar surface area (TPSA) is 60.4 Å². The van der Waals surface area contributed by atoms with E-state index in [2.05, 4.69) is 20.8 Å². The minimum Gasteiger partial charge on any atom is -0.458 e. The predicted molar refractivity (Wildman–Crippen MR) is 107 cm³/mol. The molecule has 0 aromatic heterocycles. The van der Waals surface area contributed by atoms with Crippen molar-refractivity contribution in [1.82, 2.24) is 0 Å². The quantitative estimate of drug-likeness (QED) is 0.651. The molecule has 0 N–H and O–H groups in total. The maximum atomic E-state index is 12.6. The van der Waals surface area contributed by atoms with Crippen molar-refractivity contribution in [1.29, 1.82) is 0 Å². The minimum absolute atomic E-state index is 0.0838. The molecule has 0 aromatic carbocycles. The van der Waals surface area contributed by atoms with Gasteiger partial charge in [0, 0.05) is 24.7 Å². The smallest absolute Gasteiger partial charge is 0.306 e. The Hall–Kier alpha value is -1.45. The molecule has 4 aliphatic carbocycles. The molecule has 28 heavy (non-hydrogen) atoms. The molecule has 0 aliphatic heterocycles. The number of fused-ring (bicyclic) bond motifs is 5. The van der Waals surface area contributed by atoms with Gasteiger partial charge in [-0.3, -0.25) is 14.4 Å². The lowest BCUT2D eigenvalue weighted by Gasteiger charge is -2.58. The molecular formula is C24H34O4. The van der Waals surface area contributed by atoms with E-state index in [1.165, 1.54) is 0 Å². The van der Waals surface area contributed by atoms with Crippen LogP contribution in [-0.2, 0) is 19.1 Å². The molecule has 4 heteroatoms. The Bertz CT molecular complexity index is 722. The number of hydrogen-bond donors (Lipinski definition) is 0. The van der Waals surface area contributed by atoms with Crippen molar-refractivity contribution in [3.05, 3.63) is 11.6 Å². The molecule has 0 aromatic rings. The highest BCUT2D eigenvalue weighted by molar-refractivity contribution is 5.92. The Morgan fingerprint density at radius 3 is 2.61 bits per heavy atom. The van der Waals surface area contributed by atoms with Crippen LogP contribution >= 0.6 is 0 Å². The van der Waals surface area contributed by atoms with Gasteiger partial charge in [0.1, 0.15) is 11.9 Å². The maximum Gasteiger partial charge on any atom is 0.306 e. The summed E-state index contributed by atoms with van der Waals surface area (Å²) in [5.41, 5.74) is 0.780. The number of ether oxygens (including phenoxy) is 1. The summed E-state index contributed by atoms with van der Waals surface area (Å²) in [7, 11) is 0. The molecule has 6 atom stereocenters. The molecule has 4 aliphatic rings. The fourth-order valence-electron chi connectivity index (χ4n) is 7.00. The van der Waals surface area contributed by atoms with Gasteiger partial charge in [-0.2, -0.15) is 0 Å². The number of Topliss-reactive ketones (excluding diaryl/α,β-unsaturated/α-hetero) is 1. The van der Waals surface area contributed by atoms with Crippen LogP contribution in [0.1, 0.15) is 85.0 Å². The molecule has 0 bridgehead atoms. The van der Waals surface area contributed by atoms with Crippen LogP contribution < -0.4 is 0 Å². The summed E-state index contributed by atoms with van der Waals surface area (Å²) in [6.07, 6.45) is 9.64. The molecule has 3 saturated carbocycles. The second-order valence-electron chi connectivity index (χ2n) is 10.1. The number of carbonyl (C=O) groups is 3. The third-order valence-corrected chi connectivity index (χ3v) is 8.67. The van der Waals surface area contributed by atoms with Crippen molar-refractivity contribution in [2.24, 2.45) is 28.6 Å². The third-order valence-electron chi connectivity index (χ3n) is 8.67. The summed E-state index contributed by atoms with van der Waals surface area (Å²) in [5.74, 6) is 1.74. The zero-order valence-electron chi connectivity index (χ0n) is 17.6. The van der Waals surface area contributed by atoms with Gasteiger partial charge in [0.2, 0.25) is 0 Å². The summed E-state index contributed by atoms with van der Waals surface area (Å²) in [6, 6.07) is 0. The monoisotopic (exact) mass is 386 g/mol. The van der Waals surface area contributed by atoms with Crippen LogP contribution in [0.15, 0.2) is 11.6 Å². The van der Waals surface area contributed by atoms with Crippen molar-refractivity contribution >= 4 is 17.5 Å². The fourth-order valence-corrected chi connectivity index (χ4v) is 7.00. The van der Waals surface area contributed by atoms with E-state index in [0.717, 1.165) is 50.5 Å². The molecule has 0 radical (unpaired) electrons. The Morgan fingerprint density at radius 2 is 1.86 bits per heavy atom. The van der Waals surface area contributed by atoms with Crippen LogP contribution in [0.3, 0.4) is 0 Å². The van der Waals surface area contributed by atoms with Crippen molar-refractivity contribution in [2.75, 3.05) is 0 Å².